The minimum absolute atomic E-state index is 0.134. The van der Waals surface area contributed by atoms with Crippen molar-refractivity contribution in [3.05, 3.63) is 35.4 Å². The second-order valence-corrected chi connectivity index (χ2v) is 5.82. The third-order valence-corrected chi connectivity index (χ3v) is 3.97. The second kappa shape index (κ2) is 5.88. The molecule has 0 aromatic heterocycles. The normalized spacial score (nSPS) is 18.8. The molecule has 1 saturated heterocycles. The number of likely N-dealkylation sites (tertiary alicyclic amines) is 1. The predicted octanol–water partition coefficient (Wildman–Crippen LogP) is 4.19. The van der Waals surface area contributed by atoms with Gasteiger partial charge in [-0.15, -0.1) is 11.6 Å². The van der Waals surface area contributed by atoms with E-state index in [0.717, 1.165) is 6.54 Å². The summed E-state index contributed by atoms with van der Waals surface area (Å²) in [7, 11) is 0. The number of nitrogens with zero attached hydrogens (tertiary/aromatic N) is 1. The lowest BCUT2D eigenvalue weighted by atomic mass is 10.0. The number of hydrogen-bond acceptors (Lipinski definition) is 1. The summed E-state index contributed by atoms with van der Waals surface area (Å²) in [5.74, 6) is 0.594. The lowest BCUT2D eigenvalue weighted by Gasteiger charge is -2.19. The number of halogens is 1. The standard InChI is InChI=1S/C15H22ClN/c1-12(2)13-5-7-14(8-6-13)15(16)11-17-9-3-4-10-17/h5-8,12,15H,3-4,9-11H2,1-2H3. The van der Waals surface area contributed by atoms with E-state index in [1.807, 2.05) is 0 Å². The Kier molecular flexibility index (Phi) is 4.47. The number of hydrogen-bond donors (Lipinski definition) is 0. The van der Waals surface area contributed by atoms with Crippen molar-refractivity contribution in [1.29, 1.82) is 0 Å². The van der Waals surface area contributed by atoms with Crippen molar-refractivity contribution in [3.63, 3.8) is 0 Å². The van der Waals surface area contributed by atoms with Crippen LogP contribution in [0, 0.1) is 0 Å². The molecule has 94 valence electrons. The van der Waals surface area contributed by atoms with Crippen LogP contribution in [0.1, 0.15) is 49.1 Å². The summed E-state index contributed by atoms with van der Waals surface area (Å²) in [5.41, 5.74) is 2.64. The van der Waals surface area contributed by atoms with Crippen LogP contribution in [-0.2, 0) is 0 Å². The molecule has 2 heteroatoms. The lowest BCUT2D eigenvalue weighted by Crippen LogP contribution is -2.23. The average Bonchev–Trinajstić information content (AvgIpc) is 2.82. The highest BCUT2D eigenvalue weighted by Crippen LogP contribution is 2.25. The maximum absolute atomic E-state index is 6.48. The van der Waals surface area contributed by atoms with E-state index in [9.17, 15) is 0 Å². The molecule has 1 fully saturated rings. The molecule has 1 heterocycles. The van der Waals surface area contributed by atoms with Crippen molar-refractivity contribution in [2.24, 2.45) is 0 Å². The van der Waals surface area contributed by atoms with Crippen LogP contribution in [0.4, 0.5) is 0 Å². The van der Waals surface area contributed by atoms with Crippen LogP contribution in [0.2, 0.25) is 0 Å². The topological polar surface area (TPSA) is 3.24 Å². The van der Waals surface area contributed by atoms with E-state index >= 15 is 0 Å². The SMILES string of the molecule is CC(C)c1ccc(C(Cl)CN2CCCC2)cc1. The molecule has 0 bridgehead atoms. The van der Waals surface area contributed by atoms with E-state index in [0.29, 0.717) is 5.92 Å². The highest BCUT2D eigenvalue weighted by Gasteiger charge is 2.17. The third kappa shape index (κ3) is 3.46. The Morgan fingerprint density at radius 2 is 1.59 bits per heavy atom. The lowest BCUT2D eigenvalue weighted by molar-refractivity contribution is 0.339. The van der Waals surface area contributed by atoms with Crippen molar-refractivity contribution in [1.82, 2.24) is 4.90 Å². The smallest absolute Gasteiger partial charge is 0.0712 e. The van der Waals surface area contributed by atoms with Gasteiger partial charge >= 0.3 is 0 Å². The number of alkyl halides is 1. The molecular formula is C15H22ClN. The molecule has 0 radical (unpaired) electrons. The van der Waals surface area contributed by atoms with E-state index in [1.54, 1.807) is 0 Å². The zero-order chi connectivity index (χ0) is 12.3. The van der Waals surface area contributed by atoms with Crippen molar-refractivity contribution in [3.8, 4) is 0 Å². The molecule has 2 rings (SSSR count). The van der Waals surface area contributed by atoms with Crippen molar-refractivity contribution in [2.75, 3.05) is 19.6 Å². The molecule has 1 aromatic rings. The van der Waals surface area contributed by atoms with E-state index < -0.39 is 0 Å². The predicted molar refractivity (Wildman–Crippen MR) is 74.8 cm³/mol. The van der Waals surface area contributed by atoms with E-state index in [1.165, 1.54) is 37.1 Å². The highest BCUT2D eigenvalue weighted by molar-refractivity contribution is 6.21. The summed E-state index contributed by atoms with van der Waals surface area (Å²) in [6.45, 7) is 7.86. The Bertz CT molecular complexity index is 338. The van der Waals surface area contributed by atoms with Gasteiger partial charge in [0.1, 0.15) is 0 Å². The van der Waals surface area contributed by atoms with Crippen LogP contribution in [0.5, 0.6) is 0 Å². The molecule has 17 heavy (non-hydrogen) atoms. The maximum atomic E-state index is 6.48. The van der Waals surface area contributed by atoms with E-state index in [2.05, 4.69) is 43.0 Å². The van der Waals surface area contributed by atoms with Gasteiger partial charge in [-0.25, -0.2) is 0 Å². The van der Waals surface area contributed by atoms with Gasteiger partial charge in [0.05, 0.1) is 5.38 Å². The molecule has 0 N–H and O–H groups in total. The minimum atomic E-state index is 0.134. The summed E-state index contributed by atoms with van der Waals surface area (Å²) in [5, 5.41) is 0.134. The molecule has 0 saturated carbocycles. The second-order valence-electron chi connectivity index (χ2n) is 5.30. The zero-order valence-corrected chi connectivity index (χ0v) is 11.6. The highest BCUT2D eigenvalue weighted by atomic mass is 35.5. The first-order valence-electron chi connectivity index (χ1n) is 6.63. The summed E-state index contributed by atoms with van der Waals surface area (Å²) in [6.07, 6.45) is 2.66. The molecule has 1 aromatic carbocycles. The van der Waals surface area contributed by atoms with Gasteiger partial charge in [0.25, 0.3) is 0 Å². The first kappa shape index (κ1) is 12.9. The number of benzene rings is 1. The Hall–Kier alpha value is -0.530. The molecule has 1 nitrogen and oxygen atoms in total. The van der Waals surface area contributed by atoms with Gasteiger partial charge in [0, 0.05) is 6.54 Å². The minimum Gasteiger partial charge on any atom is -0.302 e. The van der Waals surface area contributed by atoms with Gasteiger partial charge in [-0.1, -0.05) is 38.1 Å². The largest absolute Gasteiger partial charge is 0.302 e. The fourth-order valence-corrected chi connectivity index (χ4v) is 2.73. The molecule has 0 aliphatic carbocycles. The van der Waals surface area contributed by atoms with Crippen LogP contribution in [0.25, 0.3) is 0 Å². The quantitative estimate of drug-likeness (QED) is 0.726. The Morgan fingerprint density at radius 3 is 2.12 bits per heavy atom. The Balaban J connectivity index is 1.96. The van der Waals surface area contributed by atoms with Gasteiger partial charge < -0.3 is 4.90 Å². The zero-order valence-electron chi connectivity index (χ0n) is 10.8. The third-order valence-electron chi connectivity index (χ3n) is 3.58. The van der Waals surface area contributed by atoms with Crippen molar-refractivity contribution in [2.45, 2.75) is 38.0 Å². The first-order valence-corrected chi connectivity index (χ1v) is 7.07. The first-order chi connectivity index (χ1) is 8.16. The summed E-state index contributed by atoms with van der Waals surface area (Å²) < 4.78 is 0. The Labute approximate surface area is 110 Å². The van der Waals surface area contributed by atoms with Crippen LogP contribution < -0.4 is 0 Å². The average molecular weight is 252 g/mol. The monoisotopic (exact) mass is 251 g/mol. The molecule has 0 amide bonds. The summed E-state index contributed by atoms with van der Waals surface area (Å²) in [4.78, 5) is 2.47. The van der Waals surface area contributed by atoms with Crippen LogP contribution >= 0.6 is 11.6 Å². The fourth-order valence-electron chi connectivity index (χ4n) is 2.39. The van der Waals surface area contributed by atoms with Crippen molar-refractivity contribution >= 4 is 11.6 Å². The molecule has 1 atom stereocenters. The molecule has 1 aliphatic rings. The van der Waals surface area contributed by atoms with E-state index in [4.69, 9.17) is 11.6 Å². The Morgan fingerprint density at radius 1 is 1.06 bits per heavy atom. The van der Waals surface area contributed by atoms with Crippen molar-refractivity contribution < 1.29 is 0 Å². The van der Waals surface area contributed by atoms with Crippen LogP contribution in [0.3, 0.4) is 0 Å². The molecule has 0 spiro atoms. The molecule has 1 aliphatic heterocycles. The summed E-state index contributed by atoms with van der Waals surface area (Å²) in [6, 6.07) is 8.78. The summed E-state index contributed by atoms with van der Waals surface area (Å²) >= 11 is 6.48. The van der Waals surface area contributed by atoms with Crippen LogP contribution in [0.15, 0.2) is 24.3 Å². The molecular weight excluding hydrogens is 230 g/mol. The van der Waals surface area contributed by atoms with Gasteiger partial charge in [-0.05, 0) is 43.0 Å². The fraction of sp³-hybridized carbons (Fsp3) is 0.600. The maximum Gasteiger partial charge on any atom is 0.0712 e. The van der Waals surface area contributed by atoms with Crippen LogP contribution in [-0.4, -0.2) is 24.5 Å². The number of rotatable bonds is 4. The molecule has 1 unspecified atom stereocenters. The van der Waals surface area contributed by atoms with Gasteiger partial charge in [-0.2, -0.15) is 0 Å². The van der Waals surface area contributed by atoms with Gasteiger partial charge in [0.2, 0.25) is 0 Å². The van der Waals surface area contributed by atoms with Gasteiger partial charge in [-0.3, -0.25) is 0 Å². The van der Waals surface area contributed by atoms with Gasteiger partial charge in [0.15, 0.2) is 0 Å². The van der Waals surface area contributed by atoms with E-state index in [-0.39, 0.29) is 5.38 Å².